The molecule has 0 radical (unpaired) electrons. The molecule has 6 nitrogen and oxygen atoms in total. The number of nitrogens with one attached hydrogen (secondary N) is 1. The van der Waals surface area contributed by atoms with E-state index in [1.807, 2.05) is 0 Å². The van der Waals surface area contributed by atoms with Crippen molar-refractivity contribution in [2.75, 3.05) is 18.2 Å². The van der Waals surface area contributed by atoms with Crippen LogP contribution in [-0.4, -0.2) is 35.8 Å². The van der Waals surface area contributed by atoms with Gasteiger partial charge in [-0.25, -0.2) is 9.59 Å². The number of carboxylic acids is 1. The summed E-state index contributed by atoms with van der Waals surface area (Å²) in [5.74, 6) is -2.10. The Balaban J connectivity index is 2.10. The van der Waals surface area contributed by atoms with Crippen LogP contribution in [-0.2, 0) is 9.53 Å². The second kappa shape index (κ2) is 8.55. The number of carboxylic acid groups (broad SMARTS) is 1. The van der Waals surface area contributed by atoms with Gasteiger partial charge in [-0.3, -0.25) is 4.79 Å². The Kier molecular flexibility index (Phi) is 6.44. The van der Waals surface area contributed by atoms with Crippen LogP contribution in [0.15, 0.2) is 47.4 Å². The van der Waals surface area contributed by atoms with E-state index in [1.54, 1.807) is 18.2 Å². The van der Waals surface area contributed by atoms with E-state index < -0.39 is 17.8 Å². The third-order valence-corrected chi connectivity index (χ3v) is 4.45. The first kappa shape index (κ1) is 18.8. The summed E-state index contributed by atoms with van der Waals surface area (Å²) in [7, 11) is 1.24. The van der Waals surface area contributed by atoms with E-state index in [0.29, 0.717) is 9.92 Å². The van der Waals surface area contributed by atoms with Crippen LogP contribution < -0.4 is 5.32 Å². The fraction of sp³-hybridized carbons (Fsp3) is 0.118. The average Bonchev–Trinajstić information content (AvgIpc) is 2.59. The summed E-state index contributed by atoms with van der Waals surface area (Å²) in [6.07, 6.45) is 0. The van der Waals surface area contributed by atoms with E-state index >= 15 is 0 Å². The summed E-state index contributed by atoms with van der Waals surface area (Å²) in [6.45, 7) is 0. The molecule has 0 aromatic heterocycles. The molecule has 8 heteroatoms. The molecule has 130 valence electrons. The highest BCUT2D eigenvalue weighted by atomic mass is 35.5. The number of hydrogen-bond donors (Lipinski definition) is 2. The molecule has 25 heavy (non-hydrogen) atoms. The molecular weight excluding hydrogens is 366 g/mol. The topological polar surface area (TPSA) is 92.7 Å². The van der Waals surface area contributed by atoms with Crippen molar-refractivity contribution in [2.24, 2.45) is 0 Å². The summed E-state index contributed by atoms with van der Waals surface area (Å²) in [5.41, 5.74) is 0.533. The Morgan fingerprint density at radius 2 is 1.88 bits per heavy atom. The number of thioether (sulfide) groups is 1. The molecule has 0 bridgehead atoms. The molecular formula is C17H14ClNO5S. The van der Waals surface area contributed by atoms with Gasteiger partial charge in [-0.15, -0.1) is 11.8 Å². The maximum absolute atomic E-state index is 12.2. The fourth-order valence-electron chi connectivity index (χ4n) is 2.01. The number of methoxy groups -OCH3 is 1. The first-order valence-corrected chi connectivity index (χ1v) is 8.41. The lowest BCUT2D eigenvalue weighted by Gasteiger charge is -2.11. The Morgan fingerprint density at radius 1 is 1.16 bits per heavy atom. The highest BCUT2D eigenvalue weighted by Crippen LogP contribution is 2.25. The van der Waals surface area contributed by atoms with Crippen LogP contribution in [0.1, 0.15) is 20.7 Å². The third-order valence-electron chi connectivity index (χ3n) is 3.14. The Labute approximate surface area is 153 Å². The minimum Gasteiger partial charge on any atom is -0.478 e. The van der Waals surface area contributed by atoms with E-state index in [-0.39, 0.29) is 22.6 Å². The van der Waals surface area contributed by atoms with E-state index in [2.05, 4.69) is 10.1 Å². The lowest BCUT2D eigenvalue weighted by molar-refractivity contribution is -0.113. The van der Waals surface area contributed by atoms with Crippen LogP contribution >= 0.6 is 23.4 Å². The molecule has 0 saturated carbocycles. The molecule has 0 unspecified atom stereocenters. The second-order valence-electron chi connectivity index (χ2n) is 4.82. The number of carbonyl (C=O) groups excluding carboxylic acids is 2. The molecule has 1 amide bonds. The number of carbonyl (C=O) groups is 3. The van der Waals surface area contributed by atoms with E-state index in [0.717, 1.165) is 11.8 Å². The van der Waals surface area contributed by atoms with Crippen LogP contribution in [0.3, 0.4) is 0 Å². The van der Waals surface area contributed by atoms with Crippen LogP contribution in [0.2, 0.25) is 5.02 Å². The van der Waals surface area contributed by atoms with Crippen molar-refractivity contribution in [2.45, 2.75) is 4.90 Å². The van der Waals surface area contributed by atoms with Crippen molar-refractivity contribution in [3.63, 3.8) is 0 Å². The number of anilines is 1. The van der Waals surface area contributed by atoms with Gasteiger partial charge < -0.3 is 15.2 Å². The molecule has 0 heterocycles. The number of rotatable bonds is 6. The quantitative estimate of drug-likeness (QED) is 0.589. The predicted molar refractivity (Wildman–Crippen MR) is 95.5 cm³/mol. The Morgan fingerprint density at radius 3 is 2.56 bits per heavy atom. The first-order valence-electron chi connectivity index (χ1n) is 7.05. The Hall–Kier alpha value is -2.51. The molecule has 2 aromatic carbocycles. The highest BCUT2D eigenvalue weighted by Gasteiger charge is 2.16. The zero-order valence-electron chi connectivity index (χ0n) is 13.1. The molecule has 0 atom stereocenters. The van der Waals surface area contributed by atoms with Crippen molar-refractivity contribution < 1.29 is 24.2 Å². The van der Waals surface area contributed by atoms with Gasteiger partial charge in [0, 0.05) is 9.92 Å². The Bertz CT molecular complexity index is 824. The van der Waals surface area contributed by atoms with Gasteiger partial charge in [-0.1, -0.05) is 23.7 Å². The second-order valence-corrected chi connectivity index (χ2v) is 6.27. The number of halogens is 1. The summed E-state index contributed by atoms with van der Waals surface area (Å²) in [6, 6.07) is 10.8. The largest absolute Gasteiger partial charge is 0.478 e. The first-order chi connectivity index (χ1) is 11.9. The number of hydrogen-bond acceptors (Lipinski definition) is 5. The molecule has 2 rings (SSSR count). The van der Waals surface area contributed by atoms with Crippen molar-refractivity contribution in [1.82, 2.24) is 0 Å². The van der Waals surface area contributed by atoms with Crippen molar-refractivity contribution in [3.8, 4) is 0 Å². The number of benzene rings is 2. The number of amides is 1. The average molecular weight is 380 g/mol. The summed E-state index contributed by atoms with van der Waals surface area (Å²) >= 11 is 6.99. The van der Waals surface area contributed by atoms with Gasteiger partial charge in [0.1, 0.15) is 0 Å². The lowest BCUT2D eigenvalue weighted by atomic mass is 10.2. The predicted octanol–water partition coefficient (Wildman–Crippen LogP) is 3.56. The SMILES string of the molecule is COC(=O)c1ccc(Cl)cc1NC(=O)CSc1ccccc1C(=O)O. The van der Waals surface area contributed by atoms with Crippen molar-refractivity contribution >= 4 is 46.9 Å². The van der Waals surface area contributed by atoms with Gasteiger partial charge in [-0.05, 0) is 30.3 Å². The van der Waals surface area contributed by atoms with Crippen LogP contribution in [0.4, 0.5) is 5.69 Å². The molecule has 0 aliphatic heterocycles. The smallest absolute Gasteiger partial charge is 0.339 e. The van der Waals surface area contributed by atoms with Crippen LogP contribution in [0.25, 0.3) is 0 Å². The normalized spacial score (nSPS) is 10.2. The monoisotopic (exact) mass is 379 g/mol. The third kappa shape index (κ3) is 4.98. The molecule has 2 N–H and O–H groups in total. The molecule has 0 spiro atoms. The minimum absolute atomic E-state index is 0.0303. The van der Waals surface area contributed by atoms with Gasteiger partial charge in [-0.2, -0.15) is 0 Å². The minimum atomic E-state index is -1.06. The van der Waals surface area contributed by atoms with E-state index in [4.69, 9.17) is 16.7 Å². The van der Waals surface area contributed by atoms with Gasteiger partial charge in [0.15, 0.2) is 0 Å². The van der Waals surface area contributed by atoms with Crippen molar-refractivity contribution in [1.29, 1.82) is 0 Å². The molecule has 0 saturated heterocycles. The zero-order valence-corrected chi connectivity index (χ0v) is 14.7. The standard InChI is InChI=1S/C17H14ClNO5S/c1-24-17(23)11-7-6-10(18)8-13(11)19-15(20)9-25-14-5-3-2-4-12(14)16(21)22/h2-8H,9H2,1H3,(H,19,20)(H,21,22). The van der Waals surface area contributed by atoms with Crippen LogP contribution in [0, 0.1) is 0 Å². The maximum Gasteiger partial charge on any atom is 0.339 e. The summed E-state index contributed by atoms with van der Waals surface area (Å²) < 4.78 is 4.67. The number of aromatic carboxylic acids is 1. The lowest BCUT2D eigenvalue weighted by Crippen LogP contribution is -2.17. The van der Waals surface area contributed by atoms with Gasteiger partial charge >= 0.3 is 11.9 Å². The summed E-state index contributed by atoms with van der Waals surface area (Å²) in [4.78, 5) is 35.5. The molecule has 0 aliphatic carbocycles. The van der Waals surface area contributed by atoms with E-state index in [1.165, 1.54) is 31.4 Å². The number of esters is 1. The fourth-order valence-corrected chi connectivity index (χ4v) is 3.02. The highest BCUT2D eigenvalue weighted by molar-refractivity contribution is 8.00. The van der Waals surface area contributed by atoms with Gasteiger partial charge in [0.2, 0.25) is 5.91 Å². The van der Waals surface area contributed by atoms with Gasteiger partial charge in [0.05, 0.1) is 29.7 Å². The number of ether oxygens (including phenoxy) is 1. The molecule has 0 aliphatic rings. The van der Waals surface area contributed by atoms with Gasteiger partial charge in [0.25, 0.3) is 0 Å². The molecule has 2 aromatic rings. The summed E-state index contributed by atoms with van der Waals surface area (Å²) in [5, 5.41) is 12.1. The van der Waals surface area contributed by atoms with Crippen LogP contribution in [0.5, 0.6) is 0 Å². The zero-order chi connectivity index (χ0) is 18.4. The van der Waals surface area contributed by atoms with Crippen molar-refractivity contribution in [3.05, 3.63) is 58.6 Å². The molecule has 0 fully saturated rings. The maximum atomic E-state index is 12.2. The van der Waals surface area contributed by atoms with E-state index in [9.17, 15) is 14.4 Å².